The van der Waals surface area contributed by atoms with Gasteiger partial charge in [0.15, 0.2) is 5.82 Å². The first-order valence-electron chi connectivity index (χ1n) is 10.0. The molecule has 3 aromatic carbocycles. The number of anilines is 1. The van der Waals surface area contributed by atoms with Crippen LogP contribution in [0.4, 0.5) is 5.69 Å². The second kappa shape index (κ2) is 8.36. The monoisotopic (exact) mass is 430 g/mol. The normalized spacial score (nSPS) is 10.9. The number of hydrogen-bond donors (Lipinski definition) is 1. The molecule has 0 unspecified atom stereocenters. The van der Waals surface area contributed by atoms with Gasteiger partial charge in [0, 0.05) is 16.3 Å². The molecule has 4 rings (SSSR count). The zero-order valence-electron chi connectivity index (χ0n) is 17.9. The van der Waals surface area contributed by atoms with Crippen LogP contribution in [0.1, 0.15) is 32.9 Å². The molecule has 0 aliphatic rings. The average Bonchev–Trinajstić information content (AvgIpc) is 3.16. The van der Waals surface area contributed by atoms with E-state index in [1.807, 2.05) is 70.2 Å². The Bertz CT molecular complexity index is 1260. The molecule has 0 fully saturated rings. The molecular weight excluding hydrogens is 408 g/mol. The first-order valence-corrected chi connectivity index (χ1v) is 10.4. The highest BCUT2D eigenvalue weighted by Crippen LogP contribution is 2.26. The summed E-state index contributed by atoms with van der Waals surface area (Å²) < 4.78 is 1.72. The maximum absolute atomic E-state index is 13.1. The molecule has 0 radical (unpaired) electrons. The predicted octanol–water partition coefficient (Wildman–Crippen LogP) is 6.07. The lowest BCUT2D eigenvalue weighted by Crippen LogP contribution is -2.16. The summed E-state index contributed by atoms with van der Waals surface area (Å²) in [6.07, 6.45) is 0. The zero-order valence-corrected chi connectivity index (χ0v) is 18.7. The first kappa shape index (κ1) is 20.8. The molecule has 6 heteroatoms. The van der Waals surface area contributed by atoms with Crippen molar-refractivity contribution in [1.29, 1.82) is 0 Å². The third kappa shape index (κ3) is 4.23. The van der Waals surface area contributed by atoms with Gasteiger partial charge in [0.25, 0.3) is 5.91 Å². The topological polar surface area (TPSA) is 59.8 Å². The summed E-state index contributed by atoms with van der Waals surface area (Å²) in [5, 5.41) is 8.19. The van der Waals surface area contributed by atoms with Gasteiger partial charge in [-0.3, -0.25) is 4.79 Å². The zero-order chi connectivity index (χ0) is 22.1. The Hall–Kier alpha value is -3.44. The molecule has 0 atom stereocenters. The summed E-state index contributed by atoms with van der Waals surface area (Å²) in [6.45, 7) is 7.99. The van der Waals surface area contributed by atoms with Gasteiger partial charge in [-0.2, -0.15) is 0 Å². The summed E-state index contributed by atoms with van der Waals surface area (Å²) in [5.41, 5.74) is 6.64. The van der Waals surface area contributed by atoms with Crippen molar-refractivity contribution in [1.82, 2.24) is 14.8 Å². The number of benzene rings is 3. The number of hydrogen-bond acceptors (Lipinski definition) is 3. The Morgan fingerprint density at radius 2 is 1.58 bits per heavy atom. The van der Waals surface area contributed by atoms with Crippen LogP contribution in [-0.4, -0.2) is 20.7 Å². The highest BCUT2D eigenvalue weighted by atomic mass is 35.5. The van der Waals surface area contributed by atoms with Crippen molar-refractivity contribution < 1.29 is 4.79 Å². The van der Waals surface area contributed by atoms with Gasteiger partial charge >= 0.3 is 0 Å². The minimum atomic E-state index is -0.351. The van der Waals surface area contributed by atoms with Crippen molar-refractivity contribution in [2.45, 2.75) is 27.7 Å². The van der Waals surface area contributed by atoms with Gasteiger partial charge in [-0.05, 0) is 74.7 Å². The highest BCUT2D eigenvalue weighted by Gasteiger charge is 2.20. The van der Waals surface area contributed by atoms with E-state index in [-0.39, 0.29) is 11.7 Å². The number of aryl methyl sites for hydroxylation is 4. The van der Waals surface area contributed by atoms with E-state index in [0.717, 1.165) is 39.2 Å². The van der Waals surface area contributed by atoms with Crippen LogP contribution >= 0.6 is 11.6 Å². The van der Waals surface area contributed by atoms with Crippen molar-refractivity contribution in [2.24, 2.45) is 0 Å². The summed E-state index contributed by atoms with van der Waals surface area (Å²) in [6, 6.07) is 19.3. The summed E-state index contributed by atoms with van der Waals surface area (Å²) in [5.74, 6) is 0.332. The molecule has 4 aromatic rings. The van der Waals surface area contributed by atoms with Crippen molar-refractivity contribution in [3.8, 4) is 17.1 Å². The number of halogens is 1. The Morgan fingerprint density at radius 1 is 0.903 bits per heavy atom. The SMILES string of the molecule is Cc1ccc(-n2nc(C(=O)Nc3c(C)cccc3C)nc2-c2ccc(Cl)cc2)c(C)c1. The Morgan fingerprint density at radius 3 is 2.23 bits per heavy atom. The minimum Gasteiger partial charge on any atom is -0.319 e. The Labute approximate surface area is 186 Å². The van der Waals surface area contributed by atoms with Gasteiger partial charge in [0.2, 0.25) is 5.82 Å². The number of para-hydroxylation sites is 1. The van der Waals surface area contributed by atoms with E-state index < -0.39 is 0 Å². The highest BCUT2D eigenvalue weighted by molar-refractivity contribution is 6.30. The number of nitrogens with one attached hydrogen (secondary N) is 1. The number of carbonyl (C=O) groups excluding carboxylic acids is 1. The molecule has 0 bridgehead atoms. The summed E-state index contributed by atoms with van der Waals surface area (Å²) >= 11 is 6.07. The van der Waals surface area contributed by atoms with Crippen LogP contribution in [0.25, 0.3) is 17.1 Å². The molecule has 5 nitrogen and oxygen atoms in total. The van der Waals surface area contributed by atoms with Crippen molar-refractivity contribution in [3.05, 3.63) is 93.8 Å². The maximum Gasteiger partial charge on any atom is 0.295 e. The van der Waals surface area contributed by atoms with Gasteiger partial charge in [-0.1, -0.05) is 47.5 Å². The Kier molecular flexibility index (Phi) is 5.61. The lowest BCUT2D eigenvalue weighted by atomic mass is 10.1. The number of aromatic nitrogens is 3. The van der Waals surface area contributed by atoms with Gasteiger partial charge in [0.05, 0.1) is 5.69 Å². The molecule has 0 saturated carbocycles. The lowest BCUT2D eigenvalue weighted by molar-refractivity contribution is 0.101. The maximum atomic E-state index is 13.1. The van der Waals surface area contributed by atoms with E-state index in [4.69, 9.17) is 11.6 Å². The smallest absolute Gasteiger partial charge is 0.295 e. The minimum absolute atomic E-state index is 0.104. The molecule has 0 aliphatic heterocycles. The standard InChI is InChI=1S/C25H23ClN4O/c1-15-8-13-21(18(4)14-15)30-24(19-9-11-20(26)12-10-19)28-23(29-30)25(31)27-22-16(2)6-5-7-17(22)3/h5-14H,1-4H3,(H,27,31). The summed E-state index contributed by atoms with van der Waals surface area (Å²) in [4.78, 5) is 17.7. The molecule has 1 aromatic heterocycles. The van der Waals surface area contributed by atoms with Gasteiger partial charge < -0.3 is 5.32 Å². The van der Waals surface area contributed by atoms with Crippen molar-refractivity contribution in [2.75, 3.05) is 5.32 Å². The van der Waals surface area contributed by atoms with E-state index in [2.05, 4.69) is 21.5 Å². The van der Waals surface area contributed by atoms with Crippen LogP contribution in [0.2, 0.25) is 5.02 Å². The second-order valence-electron chi connectivity index (χ2n) is 7.69. The van der Waals surface area contributed by atoms with Gasteiger partial charge in [-0.25, -0.2) is 9.67 Å². The van der Waals surface area contributed by atoms with E-state index in [0.29, 0.717) is 10.8 Å². The third-order valence-corrected chi connectivity index (χ3v) is 5.46. The molecular formula is C25H23ClN4O. The van der Waals surface area contributed by atoms with Gasteiger partial charge in [0.1, 0.15) is 0 Å². The van der Waals surface area contributed by atoms with E-state index in [9.17, 15) is 4.79 Å². The molecule has 1 N–H and O–H groups in total. The third-order valence-electron chi connectivity index (χ3n) is 5.21. The second-order valence-corrected chi connectivity index (χ2v) is 8.13. The molecule has 156 valence electrons. The molecule has 1 heterocycles. The molecule has 0 aliphatic carbocycles. The summed E-state index contributed by atoms with van der Waals surface area (Å²) in [7, 11) is 0. The van der Waals surface area contributed by atoms with Gasteiger partial charge in [-0.15, -0.1) is 5.10 Å². The average molecular weight is 431 g/mol. The molecule has 1 amide bonds. The fourth-order valence-electron chi connectivity index (χ4n) is 3.59. The number of rotatable bonds is 4. The predicted molar refractivity (Wildman–Crippen MR) is 125 cm³/mol. The van der Waals surface area contributed by atoms with Crippen molar-refractivity contribution in [3.63, 3.8) is 0 Å². The quantitative estimate of drug-likeness (QED) is 0.427. The number of carbonyl (C=O) groups is 1. The van der Waals surface area contributed by atoms with Crippen LogP contribution in [0, 0.1) is 27.7 Å². The molecule has 0 saturated heterocycles. The van der Waals surface area contributed by atoms with E-state index in [1.54, 1.807) is 16.8 Å². The first-order chi connectivity index (χ1) is 14.8. The largest absolute Gasteiger partial charge is 0.319 e. The van der Waals surface area contributed by atoms with Crippen LogP contribution in [0.5, 0.6) is 0 Å². The number of amides is 1. The molecule has 31 heavy (non-hydrogen) atoms. The lowest BCUT2D eigenvalue weighted by Gasteiger charge is -2.10. The fraction of sp³-hybridized carbons (Fsp3) is 0.160. The van der Waals surface area contributed by atoms with Crippen LogP contribution in [-0.2, 0) is 0 Å². The molecule has 0 spiro atoms. The van der Waals surface area contributed by atoms with E-state index >= 15 is 0 Å². The fourth-order valence-corrected chi connectivity index (χ4v) is 3.71. The van der Waals surface area contributed by atoms with E-state index in [1.165, 1.54) is 0 Å². The van der Waals surface area contributed by atoms with Crippen LogP contribution in [0.3, 0.4) is 0 Å². The van der Waals surface area contributed by atoms with Crippen LogP contribution < -0.4 is 5.32 Å². The van der Waals surface area contributed by atoms with Crippen molar-refractivity contribution >= 4 is 23.2 Å². The Balaban J connectivity index is 1.81. The van der Waals surface area contributed by atoms with Crippen LogP contribution in [0.15, 0.2) is 60.7 Å². The number of nitrogens with zero attached hydrogens (tertiary/aromatic N) is 3.